The fourth-order valence-corrected chi connectivity index (χ4v) is 2.62. The predicted octanol–water partition coefficient (Wildman–Crippen LogP) is 3.16. The molecule has 0 aliphatic heterocycles. The summed E-state index contributed by atoms with van der Waals surface area (Å²) in [6, 6.07) is 10.6. The molecule has 21 heavy (non-hydrogen) atoms. The maximum absolute atomic E-state index is 12.1. The van der Waals surface area contributed by atoms with Gasteiger partial charge in [0.25, 0.3) is 5.91 Å². The van der Waals surface area contributed by atoms with Gasteiger partial charge in [0.05, 0.1) is 0 Å². The molecule has 0 saturated heterocycles. The van der Waals surface area contributed by atoms with Crippen molar-refractivity contribution < 1.29 is 9.21 Å². The second kappa shape index (κ2) is 5.95. The SMILES string of the molecule is O=C(Nc1cc2c(oc1=O)CCCCC2)c1ccccc1. The standard InChI is InChI=1S/C17H17NO3/c19-16(12-7-3-1-4-8-12)18-14-11-13-9-5-2-6-10-15(13)21-17(14)20/h1,3-4,7-8,11H,2,5-6,9-10H2,(H,18,19). The van der Waals surface area contributed by atoms with E-state index in [9.17, 15) is 9.59 Å². The topological polar surface area (TPSA) is 59.3 Å². The molecule has 1 aliphatic carbocycles. The summed E-state index contributed by atoms with van der Waals surface area (Å²) in [6.45, 7) is 0. The summed E-state index contributed by atoms with van der Waals surface area (Å²) in [6.07, 6.45) is 4.98. The minimum Gasteiger partial charge on any atom is -0.426 e. The van der Waals surface area contributed by atoms with Gasteiger partial charge in [0, 0.05) is 12.0 Å². The van der Waals surface area contributed by atoms with Crippen molar-refractivity contribution in [2.75, 3.05) is 5.32 Å². The smallest absolute Gasteiger partial charge is 0.359 e. The Morgan fingerprint density at radius 2 is 1.81 bits per heavy atom. The van der Waals surface area contributed by atoms with Gasteiger partial charge in [-0.25, -0.2) is 4.79 Å². The van der Waals surface area contributed by atoms with Gasteiger partial charge in [-0.3, -0.25) is 4.79 Å². The molecule has 4 heteroatoms. The highest BCUT2D eigenvalue weighted by Crippen LogP contribution is 2.21. The molecular weight excluding hydrogens is 266 g/mol. The molecule has 1 N–H and O–H groups in total. The summed E-state index contributed by atoms with van der Waals surface area (Å²) < 4.78 is 5.38. The number of benzene rings is 1. The summed E-state index contributed by atoms with van der Waals surface area (Å²) in [7, 11) is 0. The lowest BCUT2D eigenvalue weighted by atomic mass is 10.1. The summed E-state index contributed by atoms with van der Waals surface area (Å²) >= 11 is 0. The van der Waals surface area contributed by atoms with Gasteiger partial charge in [0.15, 0.2) is 0 Å². The van der Waals surface area contributed by atoms with E-state index in [4.69, 9.17) is 4.42 Å². The van der Waals surface area contributed by atoms with Crippen LogP contribution >= 0.6 is 0 Å². The van der Waals surface area contributed by atoms with Crippen molar-refractivity contribution in [2.45, 2.75) is 32.1 Å². The summed E-state index contributed by atoms with van der Waals surface area (Å²) in [5.41, 5.74) is 1.31. The van der Waals surface area contributed by atoms with E-state index >= 15 is 0 Å². The average Bonchev–Trinajstić information content (AvgIpc) is 2.73. The van der Waals surface area contributed by atoms with E-state index in [1.807, 2.05) is 6.07 Å². The Kier molecular flexibility index (Phi) is 3.86. The Hall–Kier alpha value is -2.36. The fraction of sp³-hybridized carbons (Fsp3) is 0.294. The molecule has 0 saturated carbocycles. The van der Waals surface area contributed by atoms with Crippen molar-refractivity contribution in [2.24, 2.45) is 0 Å². The third-order valence-electron chi connectivity index (χ3n) is 3.75. The molecule has 1 heterocycles. The highest BCUT2D eigenvalue weighted by Gasteiger charge is 2.15. The largest absolute Gasteiger partial charge is 0.426 e. The molecule has 1 aromatic heterocycles. The third-order valence-corrected chi connectivity index (χ3v) is 3.75. The van der Waals surface area contributed by atoms with Crippen LogP contribution in [-0.2, 0) is 12.8 Å². The second-order valence-corrected chi connectivity index (χ2v) is 5.28. The van der Waals surface area contributed by atoms with Crippen LogP contribution in [0, 0.1) is 0 Å². The fourth-order valence-electron chi connectivity index (χ4n) is 2.62. The van der Waals surface area contributed by atoms with Crippen molar-refractivity contribution in [3.63, 3.8) is 0 Å². The van der Waals surface area contributed by atoms with Gasteiger partial charge in [-0.2, -0.15) is 0 Å². The lowest BCUT2D eigenvalue weighted by Gasteiger charge is -2.08. The van der Waals surface area contributed by atoms with Crippen LogP contribution in [0.2, 0.25) is 0 Å². The first-order chi connectivity index (χ1) is 10.2. The molecule has 0 atom stereocenters. The van der Waals surface area contributed by atoms with Gasteiger partial charge in [-0.05, 0) is 43.0 Å². The molecule has 0 unspecified atom stereocenters. The Balaban J connectivity index is 1.87. The first-order valence-corrected chi connectivity index (χ1v) is 7.26. The van der Waals surface area contributed by atoms with Gasteiger partial charge in [-0.1, -0.05) is 24.6 Å². The zero-order valence-electron chi connectivity index (χ0n) is 11.7. The molecule has 3 rings (SSSR count). The Morgan fingerprint density at radius 1 is 1.05 bits per heavy atom. The zero-order valence-corrected chi connectivity index (χ0v) is 11.7. The van der Waals surface area contributed by atoms with Gasteiger partial charge in [0.2, 0.25) is 0 Å². The van der Waals surface area contributed by atoms with Gasteiger partial charge < -0.3 is 9.73 Å². The van der Waals surface area contributed by atoms with Crippen LogP contribution in [0.1, 0.15) is 40.9 Å². The second-order valence-electron chi connectivity index (χ2n) is 5.28. The Morgan fingerprint density at radius 3 is 2.62 bits per heavy atom. The molecule has 0 radical (unpaired) electrons. The average molecular weight is 283 g/mol. The number of hydrogen-bond acceptors (Lipinski definition) is 3. The van der Waals surface area contributed by atoms with Crippen LogP contribution < -0.4 is 10.9 Å². The first kappa shape index (κ1) is 13.6. The van der Waals surface area contributed by atoms with Gasteiger partial charge >= 0.3 is 5.63 Å². The molecule has 1 amide bonds. The highest BCUT2D eigenvalue weighted by atomic mass is 16.4. The third kappa shape index (κ3) is 3.05. The quantitative estimate of drug-likeness (QED) is 0.861. The normalized spacial score (nSPS) is 14.1. The molecule has 108 valence electrons. The molecular formula is C17H17NO3. The zero-order chi connectivity index (χ0) is 14.7. The van der Waals surface area contributed by atoms with Crippen LogP contribution in [0.5, 0.6) is 0 Å². The van der Waals surface area contributed by atoms with E-state index < -0.39 is 5.63 Å². The summed E-state index contributed by atoms with van der Waals surface area (Å²) in [5, 5.41) is 2.65. The number of nitrogens with one attached hydrogen (secondary N) is 1. The maximum Gasteiger partial charge on any atom is 0.359 e. The van der Waals surface area contributed by atoms with Crippen LogP contribution in [0.3, 0.4) is 0 Å². The van der Waals surface area contributed by atoms with Crippen molar-refractivity contribution >= 4 is 11.6 Å². The number of carbonyl (C=O) groups excluding carboxylic acids is 1. The van der Waals surface area contributed by atoms with Crippen molar-refractivity contribution in [3.8, 4) is 0 Å². The molecule has 1 aromatic carbocycles. The van der Waals surface area contributed by atoms with Crippen LogP contribution in [0.15, 0.2) is 45.6 Å². The number of rotatable bonds is 2. The number of amides is 1. The number of anilines is 1. The van der Waals surface area contributed by atoms with E-state index in [0.29, 0.717) is 5.56 Å². The minimum absolute atomic E-state index is 0.226. The Bertz CT molecular complexity index is 704. The van der Waals surface area contributed by atoms with E-state index in [1.54, 1.807) is 30.3 Å². The monoisotopic (exact) mass is 283 g/mol. The number of carbonyl (C=O) groups is 1. The van der Waals surface area contributed by atoms with Crippen molar-refractivity contribution in [3.05, 3.63) is 63.7 Å². The van der Waals surface area contributed by atoms with E-state index in [2.05, 4.69) is 5.32 Å². The number of aryl methyl sites for hydroxylation is 2. The molecule has 0 spiro atoms. The van der Waals surface area contributed by atoms with Crippen LogP contribution in [0.4, 0.5) is 5.69 Å². The van der Waals surface area contributed by atoms with Gasteiger partial charge in [0.1, 0.15) is 11.4 Å². The molecule has 0 bridgehead atoms. The van der Waals surface area contributed by atoms with Crippen LogP contribution in [0.25, 0.3) is 0 Å². The molecule has 1 aliphatic rings. The predicted molar refractivity (Wildman–Crippen MR) is 80.6 cm³/mol. The highest BCUT2D eigenvalue weighted by molar-refractivity contribution is 6.04. The number of fused-ring (bicyclic) bond motifs is 1. The van der Waals surface area contributed by atoms with E-state index in [0.717, 1.165) is 43.4 Å². The van der Waals surface area contributed by atoms with Crippen molar-refractivity contribution in [1.29, 1.82) is 0 Å². The van der Waals surface area contributed by atoms with Crippen molar-refractivity contribution in [1.82, 2.24) is 0 Å². The lowest BCUT2D eigenvalue weighted by Crippen LogP contribution is -2.19. The summed E-state index contributed by atoms with van der Waals surface area (Å²) in [4.78, 5) is 24.1. The molecule has 2 aromatic rings. The lowest BCUT2D eigenvalue weighted by molar-refractivity contribution is 0.102. The minimum atomic E-state index is -0.472. The first-order valence-electron chi connectivity index (χ1n) is 7.26. The number of hydrogen-bond donors (Lipinski definition) is 1. The van der Waals surface area contributed by atoms with Gasteiger partial charge in [-0.15, -0.1) is 0 Å². The Labute approximate surface area is 122 Å². The van der Waals surface area contributed by atoms with E-state index in [-0.39, 0.29) is 11.6 Å². The molecule has 0 fully saturated rings. The molecule has 4 nitrogen and oxygen atoms in total. The van der Waals surface area contributed by atoms with E-state index in [1.165, 1.54) is 0 Å². The maximum atomic E-state index is 12.1. The summed E-state index contributed by atoms with van der Waals surface area (Å²) in [5.74, 6) is 0.478. The van der Waals surface area contributed by atoms with Crippen LogP contribution in [-0.4, -0.2) is 5.91 Å².